The molecule has 0 saturated carbocycles. The van der Waals surface area contributed by atoms with Crippen LogP contribution >= 0.6 is 12.2 Å². The van der Waals surface area contributed by atoms with E-state index in [4.69, 9.17) is 18.0 Å². The van der Waals surface area contributed by atoms with Gasteiger partial charge in [0.1, 0.15) is 0 Å². The molecule has 2 N–H and O–H groups in total. The van der Waals surface area contributed by atoms with Gasteiger partial charge in [-0.2, -0.15) is 5.10 Å². The van der Waals surface area contributed by atoms with Crippen molar-refractivity contribution in [1.29, 1.82) is 0 Å². The molecular formula is C17H17N3S. The normalized spacial score (nSPS) is 17.6. The maximum absolute atomic E-state index is 5.83. The fourth-order valence-electron chi connectivity index (χ4n) is 2.64. The number of hydrazone groups is 1. The van der Waals surface area contributed by atoms with E-state index in [1.807, 2.05) is 36.4 Å². The lowest BCUT2D eigenvalue weighted by Crippen LogP contribution is -2.37. The third kappa shape index (κ3) is 3.11. The van der Waals surface area contributed by atoms with E-state index in [1.165, 1.54) is 5.56 Å². The summed E-state index contributed by atoms with van der Waals surface area (Å²) in [6.45, 7) is 0. The van der Waals surface area contributed by atoms with Gasteiger partial charge in [0, 0.05) is 6.42 Å². The third-order valence-corrected chi connectivity index (χ3v) is 3.84. The van der Waals surface area contributed by atoms with Crippen LogP contribution < -0.4 is 5.73 Å². The van der Waals surface area contributed by atoms with Gasteiger partial charge in [0.05, 0.1) is 11.8 Å². The zero-order chi connectivity index (χ0) is 14.7. The first kappa shape index (κ1) is 13.8. The van der Waals surface area contributed by atoms with E-state index in [2.05, 4.69) is 29.4 Å². The van der Waals surface area contributed by atoms with Crippen molar-refractivity contribution in [2.24, 2.45) is 10.8 Å². The van der Waals surface area contributed by atoms with Crippen LogP contribution in [0, 0.1) is 0 Å². The monoisotopic (exact) mass is 295 g/mol. The molecule has 1 heterocycles. The van der Waals surface area contributed by atoms with Crippen molar-refractivity contribution < 1.29 is 0 Å². The molecule has 0 bridgehead atoms. The molecule has 0 radical (unpaired) electrons. The lowest BCUT2D eigenvalue weighted by molar-refractivity contribution is 0.360. The van der Waals surface area contributed by atoms with Gasteiger partial charge in [-0.1, -0.05) is 60.7 Å². The van der Waals surface area contributed by atoms with Crippen LogP contribution in [-0.4, -0.2) is 21.9 Å². The van der Waals surface area contributed by atoms with Crippen molar-refractivity contribution in [3.8, 4) is 0 Å². The number of hydrogen-bond acceptors (Lipinski definition) is 2. The molecule has 1 unspecified atom stereocenters. The molecule has 4 heteroatoms. The van der Waals surface area contributed by atoms with Crippen LogP contribution in [0.4, 0.5) is 0 Å². The maximum atomic E-state index is 5.83. The van der Waals surface area contributed by atoms with Crippen LogP contribution in [-0.2, 0) is 6.42 Å². The summed E-state index contributed by atoms with van der Waals surface area (Å²) in [5.74, 6) is 0. The Morgan fingerprint density at radius 1 is 1.10 bits per heavy atom. The van der Waals surface area contributed by atoms with Crippen molar-refractivity contribution >= 4 is 23.0 Å². The van der Waals surface area contributed by atoms with E-state index in [0.29, 0.717) is 5.11 Å². The van der Waals surface area contributed by atoms with E-state index in [0.717, 1.165) is 24.1 Å². The van der Waals surface area contributed by atoms with Gasteiger partial charge in [-0.15, -0.1) is 0 Å². The Bertz CT molecular complexity index is 652. The molecule has 0 saturated heterocycles. The maximum Gasteiger partial charge on any atom is 0.187 e. The SMILES string of the molecule is NC(=S)N1N=C(c2ccccc2)CC1Cc1ccccc1. The third-order valence-electron chi connectivity index (χ3n) is 3.65. The van der Waals surface area contributed by atoms with Crippen LogP contribution in [0.3, 0.4) is 0 Å². The van der Waals surface area contributed by atoms with E-state index < -0.39 is 0 Å². The number of rotatable bonds is 3. The number of hydrogen-bond donors (Lipinski definition) is 1. The van der Waals surface area contributed by atoms with Gasteiger partial charge < -0.3 is 5.73 Å². The van der Waals surface area contributed by atoms with Gasteiger partial charge >= 0.3 is 0 Å². The van der Waals surface area contributed by atoms with Gasteiger partial charge in [0.2, 0.25) is 0 Å². The van der Waals surface area contributed by atoms with Crippen LogP contribution in [0.2, 0.25) is 0 Å². The summed E-state index contributed by atoms with van der Waals surface area (Å²) in [6.07, 6.45) is 1.74. The highest BCUT2D eigenvalue weighted by molar-refractivity contribution is 7.80. The molecule has 0 amide bonds. The predicted octanol–water partition coefficient (Wildman–Crippen LogP) is 2.95. The van der Waals surface area contributed by atoms with Crippen LogP contribution in [0.5, 0.6) is 0 Å². The minimum Gasteiger partial charge on any atom is -0.375 e. The first-order chi connectivity index (χ1) is 10.2. The van der Waals surface area contributed by atoms with Gasteiger partial charge in [-0.05, 0) is 29.8 Å². The second-order valence-corrected chi connectivity index (χ2v) is 5.56. The van der Waals surface area contributed by atoms with Gasteiger partial charge in [-0.25, -0.2) is 5.01 Å². The minimum absolute atomic E-state index is 0.195. The summed E-state index contributed by atoms with van der Waals surface area (Å²) < 4.78 is 0. The zero-order valence-electron chi connectivity index (χ0n) is 11.6. The van der Waals surface area contributed by atoms with Crippen molar-refractivity contribution in [2.45, 2.75) is 18.9 Å². The molecular weight excluding hydrogens is 278 g/mol. The number of thiocarbonyl (C=S) groups is 1. The minimum atomic E-state index is 0.195. The number of nitrogens with zero attached hydrogens (tertiary/aromatic N) is 2. The molecule has 0 fully saturated rings. The molecule has 0 spiro atoms. The molecule has 1 aliphatic heterocycles. The predicted molar refractivity (Wildman–Crippen MR) is 90.2 cm³/mol. The Labute approximate surface area is 130 Å². The van der Waals surface area contributed by atoms with Crippen LogP contribution in [0.1, 0.15) is 17.5 Å². The highest BCUT2D eigenvalue weighted by atomic mass is 32.1. The standard InChI is InChI=1S/C17H17N3S/c18-17(21)20-15(11-13-7-3-1-4-8-13)12-16(19-20)14-9-5-2-6-10-14/h1-10,15H,11-12H2,(H2,18,21). The second kappa shape index (κ2) is 6.06. The summed E-state index contributed by atoms with van der Waals surface area (Å²) in [5.41, 5.74) is 9.28. The van der Waals surface area contributed by atoms with Crippen molar-refractivity contribution in [3.05, 3.63) is 71.8 Å². The molecule has 3 nitrogen and oxygen atoms in total. The van der Waals surface area contributed by atoms with E-state index in [9.17, 15) is 0 Å². The average Bonchev–Trinajstić information content (AvgIpc) is 2.93. The van der Waals surface area contributed by atoms with Crippen LogP contribution in [0.15, 0.2) is 65.8 Å². The lowest BCUT2D eigenvalue weighted by atomic mass is 9.99. The van der Waals surface area contributed by atoms with Gasteiger partial charge in [0.15, 0.2) is 5.11 Å². The second-order valence-electron chi connectivity index (χ2n) is 5.14. The molecule has 21 heavy (non-hydrogen) atoms. The topological polar surface area (TPSA) is 41.6 Å². The molecule has 106 valence electrons. The smallest absolute Gasteiger partial charge is 0.187 e. The molecule has 3 rings (SSSR count). The van der Waals surface area contributed by atoms with E-state index in [1.54, 1.807) is 5.01 Å². The van der Waals surface area contributed by atoms with Gasteiger partial charge in [-0.3, -0.25) is 0 Å². The quantitative estimate of drug-likeness (QED) is 0.885. The van der Waals surface area contributed by atoms with Crippen molar-refractivity contribution in [3.63, 3.8) is 0 Å². The Kier molecular flexibility index (Phi) is 3.97. The fourth-order valence-corrected chi connectivity index (χ4v) is 2.83. The molecule has 2 aromatic carbocycles. The average molecular weight is 295 g/mol. The lowest BCUT2D eigenvalue weighted by Gasteiger charge is -2.21. The summed E-state index contributed by atoms with van der Waals surface area (Å²) in [6, 6.07) is 20.8. The highest BCUT2D eigenvalue weighted by Gasteiger charge is 2.28. The molecule has 0 aromatic heterocycles. The Balaban J connectivity index is 1.82. The van der Waals surface area contributed by atoms with Crippen molar-refractivity contribution in [1.82, 2.24) is 5.01 Å². The van der Waals surface area contributed by atoms with Crippen LogP contribution in [0.25, 0.3) is 0 Å². The molecule has 1 aliphatic rings. The van der Waals surface area contributed by atoms with E-state index in [-0.39, 0.29) is 6.04 Å². The summed E-state index contributed by atoms with van der Waals surface area (Å²) in [5, 5.41) is 6.74. The Morgan fingerprint density at radius 3 is 2.33 bits per heavy atom. The molecule has 1 atom stereocenters. The number of nitrogens with two attached hydrogens (primary N) is 1. The van der Waals surface area contributed by atoms with Gasteiger partial charge in [0.25, 0.3) is 0 Å². The molecule has 0 aliphatic carbocycles. The first-order valence-electron chi connectivity index (χ1n) is 6.99. The highest BCUT2D eigenvalue weighted by Crippen LogP contribution is 2.23. The summed E-state index contributed by atoms with van der Waals surface area (Å²) in [7, 11) is 0. The molecule has 2 aromatic rings. The van der Waals surface area contributed by atoms with E-state index >= 15 is 0 Å². The van der Waals surface area contributed by atoms with Crippen molar-refractivity contribution in [2.75, 3.05) is 0 Å². The largest absolute Gasteiger partial charge is 0.375 e. The first-order valence-corrected chi connectivity index (χ1v) is 7.40. The Hall–Kier alpha value is -2.20. The number of benzene rings is 2. The summed E-state index contributed by atoms with van der Waals surface area (Å²) in [4.78, 5) is 0. The zero-order valence-corrected chi connectivity index (χ0v) is 12.5. The Morgan fingerprint density at radius 2 is 1.71 bits per heavy atom. The fraction of sp³-hybridized carbons (Fsp3) is 0.176. The summed E-state index contributed by atoms with van der Waals surface area (Å²) >= 11 is 5.15.